The largest absolute Gasteiger partial charge is 0.444 e. The van der Waals surface area contributed by atoms with E-state index in [9.17, 15) is 4.79 Å². The van der Waals surface area contributed by atoms with Gasteiger partial charge in [0.25, 0.3) is 0 Å². The highest BCUT2D eigenvalue weighted by atomic mass is 16.5. The molecule has 0 aliphatic heterocycles. The minimum atomic E-state index is -0.444. The van der Waals surface area contributed by atoms with Crippen LogP contribution >= 0.6 is 0 Å². The average molecular weight is 244 g/mol. The molecule has 0 saturated carbocycles. The second kappa shape index (κ2) is 7.55. The van der Waals surface area contributed by atoms with E-state index < -0.39 is 6.10 Å². The Hall–Kier alpha value is -1.75. The van der Waals surface area contributed by atoms with Crippen LogP contribution in [0.1, 0.15) is 50.3 Å². The molecule has 0 amide bonds. The number of carbonyl (C=O) groups is 1. The Kier molecular flexibility index (Phi) is 6.00. The highest BCUT2D eigenvalue weighted by Gasteiger charge is 2.10. The number of hydrogen-bond acceptors (Lipinski definition) is 2. The fraction of sp³-hybridized carbons (Fsp3) is 0.438. The Morgan fingerprint density at radius 1 is 1.33 bits per heavy atom. The van der Waals surface area contributed by atoms with Crippen molar-refractivity contribution in [2.24, 2.45) is 0 Å². The smallest absolute Gasteiger partial charge is 0.304 e. The number of ether oxygens (including phenoxy) is 1. The molecule has 0 heterocycles. The second-order valence-electron chi connectivity index (χ2n) is 4.32. The molecule has 1 rings (SSSR count). The quantitative estimate of drug-likeness (QED) is 0.457. The summed E-state index contributed by atoms with van der Waals surface area (Å²) in [4.78, 5) is 11.1. The zero-order valence-corrected chi connectivity index (χ0v) is 11.3. The zero-order valence-electron chi connectivity index (χ0n) is 11.3. The number of aryl methyl sites for hydroxylation is 1. The third kappa shape index (κ3) is 5.05. The van der Waals surface area contributed by atoms with Gasteiger partial charge in [0.05, 0.1) is 0 Å². The van der Waals surface area contributed by atoms with Crippen LogP contribution in [0.15, 0.2) is 24.3 Å². The van der Waals surface area contributed by atoms with E-state index >= 15 is 0 Å². The molecule has 1 unspecified atom stereocenters. The van der Waals surface area contributed by atoms with Crippen molar-refractivity contribution in [3.05, 3.63) is 35.4 Å². The van der Waals surface area contributed by atoms with E-state index in [4.69, 9.17) is 4.74 Å². The van der Waals surface area contributed by atoms with Gasteiger partial charge in [0, 0.05) is 18.9 Å². The first kappa shape index (κ1) is 14.3. The van der Waals surface area contributed by atoms with Crippen LogP contribution in [0.5, 0.6) is 0 Å². The van der Waals surface area contributed by atoms with Crippen LogP contribution in [0.3, 0.4) is 0 Å². The van der Waals surface area contributed by atoms with Crippen molar-refractivity contribution in [1.82, 2.24) is 0 Å². The summed E-state index contributed by atoms with van der Waals surface area (Å²) in [6.45, 7) is 5.57. The summed E-state index contributed by atoms with van der Waals surface area (Å²) in [5.74, 6) is 5.81. The first-order valence-electron chi connectivity index (χ1n) is 6.35. The number of esters is 1. The van der Waals surface area contributed by atoms with E-state index in [2.05, 4.69) is 18.8 Å². The molecule has 0 N–H and O–H groups in total. The molecule has 1 aromatic carbocycles. The first-order valence-corrected chi connectivity index (χ1v) is 6.35. The standard InChI is InChI=1S/C16H20O2/c1-4-5-6-7-8-16(18-14(3)17)15-11-9-13(2)10-12-15/h9-12,16H,4-6H2,1-3H3. The van der Waals surface area contributed by atoms with Gasteiger partial charge >= 0.3 is 5.97 Å². The lowest BCUT2D eigenvalue weighted by Crippen LogP contribution is -2.06. The van der Waals surface area contributed by atoms with Gasteiger partial charge in [-0.05, 0) is 13.3 Å². The van der Waals surface area contributed by atoms with Crippen LogP contribution in [0.25, 0.3) is 0 Å². The van der Waals surface area contributed by atoms with Crippen LogP contribution in [0, 0.1) is 18.8 Å². The number of rotatable bonds is 4. The molecule has 0 fully saturated rings. The predicted molar refractivity (Wildman–Crippen MR) is 73.0 cm³/mol. The third-order valence-electron chi connectivity index (χ3n) is 2.55. The zero-order chi connectivity index (χ0) is 13.4. The van der Waals surface area contributed by atoms with E-state index in [1.165, 1.54) is 12.5 Å². The maximum Gasteiger partial charge on any atom is 0.304 e. The van der Waals surface area contributed by atoms with Crippen molar-refractivity contribution in [2.75, 3.05) is 0 Å². The molecule has 0 radical (unpaired) electrons. The number of carbonyl (C=O) groups excluding carboxylic acids is 1. The lowest BCUT2D eigenvalue weighted by atomic mass is 10.1. The lowest BCUT2D eigenvalue weighted by Gasteiger charge is -2.11. The molecular weight excluding hydrogens is 224 g/mol. The highest BCUT2D eigenvalue weighted by molar-refractivity contribution is 5.66. The van der Waals surface area contributed by atoms with Crippen molar-refractivity contribution in [2.45, 2.75) is 46.1 Å². The monoisotopic (exact) mass is 244 g/mol. The molecule has 0 saturated heterocycles. The Bertz CT molecular complexity index is 434. The van der Waals surface area contributed by atoms with Crippen LogP contribution in [0.4, 0.5) is 0 Å². The molecule has 1 aromatic rings. The summed E-state index contributed by atoms with van der Waals surface area (Å²) in [5, 5.41) is 0. The van der Waals surface area contributed by atoms with Crippen molar-refractivity contribution in [3.8, 4) is 11.8 Å². The average Bonchev–Trinajstić information content (AvgIpc) is 2.34. The van der Waals surface area contributed by atoms with Crippen LogP contribution in [-0.4, -0.2) is 5.97 Å². The first-order chi connectivity index (χ1) is 8.63. The Balaban J connectivity index is 2.79. The highest BCUT2D eigenvalue weighted by Crippen LogP contribution is 2.17. The maximum atomic E-state index is 11.1. The minimum Gasteiger partial charge on any atom is -0.444 e. The molecule has 0 spiro atoms. The van der Waals surface area contributed by atoms with E-state index in [1.807, 2.05) is 31.2 Å². The van der Waals surface area contributed by atoms with Gasteiger partial charge in [0.2, 0.25) is 0 Å². The number of hydrogen-bond donors (Lipinski definition) is 0. The Morgan fingerprint density at radius 2 is 2.00 bits per heavy atom. The minimum absolute atomic E-state index is 0.301. The molecule has 0 aliphatic carbocycles. The number of benzene rings is 1. The lowest BCUT2D eigenvalue weighted by molar-refractivity contribution is -0.144. The van der Waals surface area contributed by atoms with Gasteiger partial charge in [0.1, 0.15) is 0 Å². The van der Waals surface area contributed by atoms with Gasteiger partial charge in [-0.2, -0.15) is 0 Å². The van der Waals surface area contributed by atoms with Gasteiger partial charge in [-0.15, -0.1) is 0 Å². The summed E-state index contributed by atoms with van der Waals surface area (Å²) in [6.07, 6.45) is 2.60. The molecule has 96 valence electrons. The van der Waals surface area contributed by atoms with Crippen LogP contribution in [-0.2, 0) is 9.53 Å². The summed E-state index contributed by atoms with van der Waals surface area (Å²) in [6, 6.07) is 7.91. The molecule has 0 aliphatic rings. The van der Waals surface area contributed by atoms with E-state index in [-0.39, 0.29) is 5.97 Å². The van der Waals surface area contributed by atoms with E-state index in [0.717, 1.165) is 24.8 Å². The topological polar surface area (TPSA) is 26.3 Å². The molecule has 0 bridgehead atoms. The second-order valence-corrected chi connectivity index (χ2v) is 4.32. The molecular formula is C16H20O2. The fourth-order valence-corrected chi connectivity index (χ4v) is 1.52. The van der Waals surface area contributed by atoms with Gasteiger partial charge in [-0.25, -0.2) is 0 Å². The fourth-order valence-electron chi connectivity index (χ4n) is 1.52. The summed E-state index contributed by atoms with van der Waals surface area (Å²) < 4.78 is 5.24. The summed E-state index contributed by atoms with van der Waals surface area (Å²) in [7, 11) is 0. The van der Waals surface area contributed by atoms with Gasteiger partial charge < -0.3 is 4.74 Å². The van der Waals surface area contributed by atoms with E-state index in [0.29, 0.717) is 0 Å². The van der Waals surface area contributed by atoms with Crippen LogP contribution in [0.2, 0.25) is 0 Å². The normalized spacial score (nSPS) is 11.3. The summed E-state index contributed by atoms with van der Waals surface area (Å²) in [5.41, 5.74) is 2.11. The van der Waals surface area contributed by atoms with Gasteiger partial charge in [-0.1, -0.05) is 55.0 Å². The predicted octanol–water partition coefficient (Wildman–Crippen LogP) is 3.79. The van der Waals surface area contributed by atoms with Crippen molar-refractivity contribution in [1.29, 1.82) is 0 Å². The number of unbranched alkanes of at least 4 members (excludes halogenated alkanes) is 2. The SMILES string of the molecule is CCCCC#CC(OC(C)=O)c1ccc(C)cc1. The van der Waals surface area contributed by atoms with E-state index in [1.54, 1.807) is 0 Å². The van der Waals surface area contributed by atoms with Gasteiger partial charge in [-0.3, -0.25) is 4.79 Å². The molecule has 2 nitrogen and oxygen atoms in total. The maximum absolute atomic E-state index is 11.1. The molecule has 18 heavy (non-hydrogen) atoms. The Morgan fingerprint density at radius 3 is 2.56 bits per heavy atom. The summed E-state index contributed by atoms with van der Waals surface area (Å²) >= 11 is 0. The van der Waals surface area contributed by atoms with Crippen molar-refractivity contribution < 1.29 is 9.53 Å². The molecule has 0 aromatic heterocycles. The van der Waals surface area contributed by atoms with Crippen molar-refractivity contribution in [3.63, 3.8) is 0 Å². The van der Waals surface area contributed by atoms with Crippen molar-refractivity contribution >= 4 is 5.97 Å². The van der Waals surface area contributed by atoms with Gasteiger partial charge in [0.15, 0.2) is 6.10 Å². The third-order valence-corrected chi connectivity index (χ3v) is 2.55. The molecule has 2 heteroatoms. The Labute approximate surface area is 109 Å². The van der Waals surface area contributed by atoms with Crippen LogP contribution < -0.4 is 0 Å². The molecule has 1 atom stereocenters.